The Morgan fingerprint density at radius 1 is 1.14 bits per heavy atom. The van der Waals surface area contributed by atoms with Crippen LogP contribution in [0.5, 0.6) is 0 Å². The molecule has 4 atom stereocenters. The van der Waals surface area contributed by atoms with E-state index in [1.54, 1.807) is 24.4 Å². The predicted molar refractivity (Wildman–Crippen MR) is 112 cm³/mol. The number of benzene rings is 1. The number of aliphatic hydroxyl groups excluding tert-OH is 1. The van der Waals surface area contributed by atoms with Gasteiger partial charge in [-0.3, -0.25) is 0 Å². The molecule has 2 aromatic heterocycles. The van der Waals surface area contributed by atoms with Crippen molar-refractivity contribution in [2.45, 2.75) is 36.8 Å². The molecule has 1 saturated heterocycles. The molecule has 1 aromatic carbocycles. The first-order valence-corrected chi connectivity index (χ1v) is 11.1. The normalized spacial score (nSPS) is 27.3. The van der Waals surface area contributed by atoms with Crippen LogP contribution in [0.15, 0.2) is 41.8 Å². The fourth-order valence-electron chi connectivity index (χ4n) is 4.92. The second-order valence-electron chi connectivity index (χ2n) is 8.09. The molecule has 0 bridgehead atoms. The van der Waals surface area contributed by atoms with Crippen LogP contribution in [0.2, 0.25) is 0 Å². The van der Waals surface area contributed by atoms with E-state index in [1.807, 2.05) is 4.68 Å². The topological polar surface area (TPSA) is 67.1 Å². The summed E-state index contributed by atoms with van der Waals surface area (Å²) in [6.45, 7) is 4.12. The van der Waals surface area contributed by atoms with E-state index >= 15 is 0 Å². The smallest absolute Gasteiger partial charge is 0.137 e. The minimum Gasteiger partial charge on any atom is -0.391 e. The highest BCUT2D eigenvalue weighted by molar-refractivity contribution is 7.98. The zero-order chi connectivity index (χ0) is 19.3. The van der Waals surface area contributed by atoms with Crippen LogP contribution in [0.3, 0.4) is 0 Å². The second kappa shape index (κ2) is 7.04. The van der Waals surface area contributed by atoms with Crippen molar-refractivity contribution in [2.24, 2.45) is 11.8 Å². The van der Waals surface area contributed by atoms with Crippen molar-refractivity contribution in [3.63, 3.8) is 0 Å². The van der Waals surface area contributed by atoms with Gasteiger partial charge in [-0.25, -0.2) is 14.6 Å². The number of hydrogen-bond donors (Lipinski definition) is 1. The summed E-state index contributed by atoms with van der Waals surface area (Å²) >= 11 is 1.75. The van der Waals surface area contributed by atoms with E-state index in [1.165, 1.54) is 15.8 Å². The molecule has 0 amide bonds. The van der Waals surface area contributed by atoms with E-state index in [0.29, 0.717) is 11.8 Å². The minimum absolute atomic E-state index is 0.0270. The first-order chi connectivity index (χ1) is 13.6. The maximum absolute atomic E-state index is 10.7. The summed E-state index contributed by atoms with van der Waals surface area (Å²) < 4.78 is 1.83. The number of aromatic nitrogens is 4. The summed E-state index contributed by atoms with van der Waals surface area (Å²) in [6, 6.07) is 8.76. The van der Waals surface area contributed by atoms with E-state index in [9.17, 15) is 5.11 Å². The zero-order valence-electron chi connectivity index (χ0n) is 16.2. The van der Waals surface area contributed by atoms with Gasteiger partial charge in [-0.1, -0.05) is 6.07 Å². The number of aliphatic hydroxyl groups is 1. The van der Waals surface area contributed by atoms with Crippen LogP contribution in [0.4, 0.5) is 5.82 Å². The first-order valence-electron chi connectivity index (χ1n) is 9.85. The largest absolute Gasteiger partial charge is 0.391 e. The highest BCUT2D eigenvalue weighted by Gasteiger charge is 2.43. The van der Waals surface area contributed by atoms with Crippen LogP contribution in [0, 0.1) is 18.8 Å². The van der Waals surface area contributed by atoms with Crippen molar-refractivity contribution in [3.8, 4) is 0 Å². The van der Waals surface area contributed by atoms with Gasteiger partial charge >= 0.3 is 0 Å². The summed E-state index contributed by atoms with van der Waals surface area (Å²) in [4.78, 5) is 12.7. The van der Waals surface area contributed by atoms with Gasteiger partial charge in [0.25, 0.3) is 0 Å². The summed E-state index contributed by atoms with van der Waals surface area (Å²) in [5, 5.41) is 16.1. The average molecular weight is 396 g/mol. The molecule has 2 fully saturated rings. The third-order valence-electron chi connectivity index (χ3n) is 6.42. The highest BCUT2D eigenvalue weighted by Crippen LogP contribution is 2.42. The van der Waals surface area contributed by atoms with E-state index in [2.05, 4.69) is 52.4 Å². The lowest BCUT2D eigenvalue weighted by molar-refractivity contribution is 0.0305. The molecule has 1 N–H and O–H groups in total. The Kier molecular flexibility index (Phi) is 4.51. The molecule has 28 heavy (non-hydrogen) atoms. The van der Waals surface area contributed by atoms with Gasteiger partial charge in [0, 0.05) is 23.4 Å². The van der Waals surface area contributed by atoms with Crippen LogP contribution in [-0.2, 0) is 0 Å². The number of pyridine rings is 1. The lowest BCUT2D eigenvalue weighted by Crippen LogP contribution is -2.36. The summed E-state index contributed by atoms with van der Waals surface area (Å²) in [5.41, 5.74) is 2.33. The number of hydrogen-bond acceptors (Lipinski definition) is 6. The number of anilines is 1. The monoisotopic (exact) mass is 395 g/mol. The maximum atomic E-state index is 10.7. The summed E-state index contributed by atoms with van der Waals surface area (Å²) in [7, 11) is 0. The molecule has 3 heterocycles. The molecular formula is C21H25N5OS. The van der Waals surface area contributed by atoms with Gasteiger partial charge in [-0.15, -0.1) is 11.8 Å². The van der Waals surface area contributed by atoms with Gasteiger partial charge in [0.15, 0.2) is 0 Å². The third-order valence-corrected chi connectivity index (χ3v) is 7.15. The molecule has 1 aliphatic carbocycles. The van der Waals surface area contributed by atoms with Gasteiger partial charge in [-0.05, 0) is 61.6 Å². The Morgan fingerprint density at radius 3 is 2.71 bits per heavy atom. The molecule has 0 unspecified atom stereocenters. The Morgan fingerprint density at radius 2 is 1.96 bits per heavy atom. The van der Waals surface area contributed by atoms with Crippen LogP contribution in [0.25, 0.3) is 10.9 Å². The fourth-order valence-corrected chi connectivity index (χ4v) is 5.35. The zero-order valence-corrected chi connectivity index (χ0v) is 17.0. The molecule has 1 saturated carbocycles. The van der Waals surface area contributed by atoms with Crippen molar-refractivity contribution in [2.75, 3.05) is 24.2 Å². The molecule has 0 spiro atoms. The fraction of sp³-hybridized carbons (Fsp3) is 0.476. The summed E-state index contributed by atoms with van der Waals surface area (Å²) in [5.74, 6) is 2.11. The SMILES string of the molecule is CSc1ccc2c(C)cc(N3C[C@H]4C[C@@H](n5cncn5)[C@H](O)C[C@H]4C3)nc2c1. The van der Waals surface area contributed by atoms with E-state index in [0.717, 1.165) is 37.3 Å². The van der Waals surface area contributed by atoms with Crippen molar-refractivity contribution in [1.82, 2.24) is 19.7 Å². The third kappa shape index (κ3) is 3.06. The molecular weight excluding hydrogens is 370 g/mol. The number of thioether (sulfide) groups is 1. The van der Waals surface area contributed by atoms with Crippen LogP contribution in [0.1, 0.15) is 24.4 Å². The second-order valence-corrected chi connectivity index (χ2v) is 8.97. The molecule has 146 valence electrons. The first kappa shape index (κ1) is 17.9. The molecule has 7 heteroatoms. The van der Waals surface area contributed by atoms with Crippen molar-refractivity contribution < 1.29 is 5.11 Å². The number of fused-ring (bicyclic) bond motifs is 2. The Labute approximate surface area is 169 Å². The predicted octanol–water partition coefficient (Wildman–Crippen LogP) is 3.31. The molecule has 6 nitrogen and oxygen atoms in total. The Hall–Kier alpha value is -2.12. The number of aryl methyl sites for hydroxylation is 1. The lowest BCUT2D eigenvalue weighted by atomic mass is 9.77. The van der Waals surface area contributed by atoms with Crippen molar-refractivity contribution >= 4 is 28.5 Å². The van der Waals surface area contributed by atoms with E-state index in [4.69, 9.17) is 4.98 Å². The minimum atomic E-state index is -0.363. The highest BCUT2D eigenvalue weighted by atomic mass is 32.2. The maximum Gasteiger partial charge on any atom is 0.137 e. The van der Waals surface area contributed by atoms with Gasteiger partial charge in [0.05, 0.1) is 17.7 Å². The standard InChI is InChI=1S/C21H25N5OS/c1-13-5-21(24-18-8-16(28-2)3-4-17(13)18)25-9-14-6-19(26-12-22-11-23-26)20(27)7-15(14)10-25/h3-5,8,11-12,14-15,19-20,27H,6-7,9-10H2,1-2H3/t14-,15+,19-,20-/m1/s1. The van der Waals surface area contributed by atoms with Crippen molar-refractivity contribution in [1.29, 1.82) is 0 Å². The van der Waals surface area contributed by atoms with E-state index in [-0.39, 0.29) is 12.1 Å². The van der Waals surface area contributed by atoms with Crippen LogP contribution < -0.4 is 4.90 Å². The molecule has 2 aliphatic rings. The molecule has 0 radical (unpaired) electrons. The van der Waals surface area contributed by atoms with Gasteiger partial charge < -0.3 is 10.0 Å². The Bertz CT molecular complexity index is 992. The van der Waals surface area contributed by atoms with Gasteiger partial charge in [-0.2, -0.15) is 5.10 Å². The summed E-state index contributed by atoms with van der Waals surface area (Å²) in [6.07, 6.45) is 6.75. The quantitative estimate of drug-likeness (QED) is 0.687. The number of nitrogens with zero attached hydrogens (tertiary/aromatic N) is 5. The Balaban J connectivity index is 1.41. The van der Waals surface area contributed by atoms with Crippen LogP contribution >= 0.6 is 11.8 Å². The van der Waals surface area contributed by atoms with Gasteiger partial charge in [0.1, 0.15) is 18.5 Å². The average Bonchev–Trinajstić information content (AvgIpc) is 3.36. The molecule has 3 aromatic rings. The van der Waals surface area contributed by atoms with Crippen molar-refractivity contribution in [3.05, 3.63) is 42.5 Å². The number of rotatable bonds is 3. The van der Waals surface area contributed by atoms with E-state index < -0.39 is 0 Å². The van der Waals surface area contributed by atoms with Crippen LogP contribution in [-0.4, -0.2) is 50.3 Å². The molecule has 5 rings (SSSR count). The lowest BCUT2D eigenvalue weighted by Gasteiger charge is -2.34. The molecule has 1 aliphatic heterocycles. The van der Waals surface area contributed by atoms with Gasteiger partial charge in [0.2, 0.25) is 0 Å².